The van der Waals surface area contributed by atoms with E-state index >= 15 is 0 Å². The maximum Gasteiger partial charge on any atom is 0.311 e. The van der Waals surface area contributed by atoms with Gasteiger partial charge in [-0.25, -0.2) is 0 Å². The molecule has 0 aromatic rings. The summed E-state index contributed by atoms with van der Waals surface area (Å²) in [4.78, 5) is 11.8. The van der Waals surface area contributed by atoms with E-state index in [0.717, 1.165) is 12.8 Å². The van der Waals surface area contributed by atoms with Gasteiger partial charge in [-0.05, 0) is 12.8 Å². The minimum absolute atomic E-state index is 0.0775. The van der Waals surface area contributed by atoms with Crippen LogP contribution < -0.4 is 0 Å². The highest BCUT2D eigenvalue weighted by molar-refractivity contribution is 5.73. The fourth-order valence-electron chi connectivity index (χ4n) is 1.97. The number of rotatable bonds is 0. The summed E-state index contributed by atoms with van der Waals surface area (Å²) in [6.07, 6.45) is 5.80. The second kappa shape index (κ2) is 3.97. The quantitative estimate of drug-likeness (QED) is 0.452. The first-order valence-electron chi connectivity index (χ1n) is 5.53. The minimum atomic E-state index is -0.0999. The lowest BCUT2D eigenvalue weighted by molar-refractivity contribution is -0.165. The van der Waals surface area contributed by atoms with Crippen molar-refractivity contribution in [3.05, 3.63) is 12.2 Å². The van der Waals surface area contributed by atoms with Gasteiger partial charge in [0.2, 0.25) is 0 Å². The van der Waals surface area contributed by atoms with Gasteiger partial charge in [0.25, 0.3) is 0 Å². The molecule has 0 amide bonds. The third-order valence-corrected chi connectivity index (χ3v) is 2.94. The lowest BCUT2D eigenvalue weighted by Crippen LogP contribution is -2.40. The van der Waals surface area contributed by atoms with E-state index in [-0.39, 0.29) is 23.4 Å². The molecule has 2 rings (SSSR count). The molecule has 1 aliphatic heterocycles. The molecule has 0 unspecified atom stereocenters. The molecule has 0 spiro atoms. The van der Waals surface area contributed by atoms with Crippen LogP contribution in [0.3, 0.4) is 0 Å². The Bertz CT molecular complexity index is 281. The van der Waals surface area contributed by atoms with Crippen LogP contribution in [0, 0.1) is 11.3 Å². The first kappa shape index (κ1) is 10.7. The molecule has 0 aromatic carbocycles. The third kappa shape index (κ3) is 2.40. The van der Waals surface area contributed by atoms with Gasteiger partial charge in [0.1, 0.15) is 0 Å². The first-order chi connectivity index (χ1) is 7.08. The molecule has 1 aliphatic carbocycles. The molecule has 3 nitrogen and oxygen atoms in total. The Balaban J connectivity index is 2.12. The SMILES string of the molecule is CC1(C)COC(=O)[C@@H]2CCC=C[C@@H]2OC1. The summed E-state index contributed by atoms with van der Waals surface area (Å²) in [6.45, 7) is 5.20. The highest BCUT2D eigenvalue weighted by atomic mass is 16.5. The van der Waals surface area contributed by atoms with Gasteiger partial charge in [0.15, 0.2) is 0 Å². The van der Waals surface area contributed by atoms with Crippen molar-refractivity contribution in [2.24, 2.45) is 11.3 Å². The number of hydrogen-bond donors (Lipinski definition) is 0. The Morgan fingerprint density at radius 2 is 2.20 bits per heavy atom. The number of hydrogen-bond acceptors (Lipinski definition) is 3. The molecule has 2 aliphatic rings. The first-order valence-corrected chi connectivity index (χ1v) is 5.53. The van der Waals surface area contributed by atoms with Crippen molar-refractivity contribution >= 4 is 5.97 Å². The molecular formula is C12H18O3. The third-order valence-electron chi connectivity index (χ3n) is 2.94. The van der Waals surface area contributed by atoms with Crippen LogP contribution >= 0.6 is 0 Å². The van der Waals surface area contributed by atoms with Crippen molar-refractivity contribution in [1.29, 1.82) is 0 Å². The van der Waals surface area contributed by atoms with Crippen LogP contribution in [0.1, 0.15) is 26.7 Å². The van der Waals surface area contributed by atoms with E-state index in [0.29, 0.717) is 13.2 Å². The van der Waals surface area contributed by atoms with E-state index in [1.54, 1.807) is 0 Å². The number of carbonyl (C=O) groups is 1. The monoisotopic (exact) mass is 210 g/mol. The second-order valence-corrected chi connectivity index (χ2v) is 5.16. The Morgan fingerprint density at radius 1 is 1.40 bits per heavy atom. The van der Waals surface area contributed by atoms with Gasteiger partial charge in [0.05, 0.1) is 25.2 Å². The molecule has 0 bridgehead atoms. The van der Waals surface area contributed by atoms with Crippen molar-refractivity contribution in [2.45, 2.75) is 32.8 Å². The average Bonchev–Trinajstić information content (AvgIpc) is 2.22. The molecule has 2 atom stereocenters. The van der Waals surface area contributed by atoms with Gasteiger partial charge in [0, 0.05) is 5.41 Å². The zero-order chi connectivity index (χ0) is 10.9. The van der Waals surface area contributed by atoms with Gasteiger partial charge in [-0.3, -0.25) is 4.79 Å². The molecule has 0 N–H and O–H groups in total. The Morgan fingerprint density at radius 3 is 3.00 bits per heavy atom. The second-order valence-electron chi connectivity index (χ2n) is 5.16. The minimum Gasteiger partial charge on any atom is -0.465 e. The lowest BCUT2D eigenvalue weighted by Gasteiger charge is -2.34. The predicted molar refractivity (Wildman–Crippen MR) is 56.3 cm³/mol. The number of esters is 1. The van der Waals surface area contributed by atoms with E-state index in [1.165, 1.54) is 0 Å². The van der Waals surface area contributed by atoms with Crippen molar-refractivity contribution in [3.63, 3.8) is 0 Å². The summed E-state index contributed by atoms with van der Waals surface area (Å²) in [5.41, 5.74) is -0.0775. The molecule has 1 fully saturated rings. The summed E-state index contributed by atoms with van der Waals surface area (Å²) in [7, 11) is 0. The molecule has 84 valence electrons. The lowest BCUT2D eigenvalue weighted by atomic mass is 9.89. The average molecular weight is 210 g/mol. The van der Waals surface area contributed by atoms with Crippen LogP contribution in [0.4, 0.5) is 0 Å². The fourth-order valence-corrected chi connectivity index (χ4v) is 1.97. The van der Waals surface area contributed by atoms with Crippen molar-refractivity contribution < 1.29 is 14.3 Å². The Hall–Kier alpha value is -0.830. The van der Waals surface area contributed by atoms with Crippen LogP contribution in [0.25, 0.3) is 0 Å². The summed E-state index contributed by atoms with van der Waals surface area (Å²) in [5.74, 6) is -0.191. The van der Waals surface area contributed by atoms with E-state index < -0.39 is 0 Å². The zero-order valence-corrected chi connectivity index (χ0v) is 9.36. The van der Waals surface area contributed by atoms with Gasteiger partial charge >= 0.3 is 5.97 Å². The smallest absolute Gasteiger partial charge is 0.311 e. The van der Waals surface area contributed by atoms with Crippen molar-refractivity contribution in [3.8, 4) is 0 Å². The van der Waals surface area contributed by atoms with Gasteiger partial charge in [-0.2, -0.15) is 0 Å². The number of ether oxygens (including phenoxy) is 2. The maximum atomic E-state index is 11.8. The summed E-state index contributed by atoms with van der Waals surface area (Å²) in [5, 5.41) is 0. The predicted octanol–water partition coefficient (Wildman–Crippen LogP) is 1.92. The Kier molecular flexibility index (Phi) is 2.83. The number of fused-ring (bicyclic) bond motifs is 1. The number of cyclic esters (lactones) is 1. The van der Waals surface area contributed by atoms with Crippen molar-refractivity contribution in [1.82, 2.24) is 0 Å². The van der Waals surface area contributed by atoms with Gasteiger partial charge < -0.3 is 9.47 Å². The van der Waals surface area contributed by atoms with Crippen LogP contribution in [0.5, 0.6) is 0 Å². The van der Waals surface area contributed by atoms with Crippen LogP contribution in [-0.2, 0) is 14.3 Å². The zero-order valence-electron chi connectivity index (χ0n) is 9.36. The van der Waals surface area contributed by atoms with E-state index in [2.05, 4.69) is 6.08 Å². The summed E-state index contributed by atoms with van der Waals surface area (Å²) >= 11 is 0. The van der Waals surface area contributed by atoms with Crippen molar-refractivity contribution in [2.75, 3.05) is 13.2 Å². The van der Waals surface area contributed by atoms with E-state index in [4.69, 9.17) is 9.47 Å². The van der Waals surface area contributed by atoms with E-state index in [9.17, 15) is 4.79 Å². The topological polar surface area (TPSA) is 35.5 Å². The van der Waals surface area contributed by atoms with Crippen LogP contribution in [-0.4, -0.2) is 25.3 Å². The van der Waals surface area contributed by atoms with E-state index in [1.807, 2.05) is 19.9 Å². The molecule has 0 radical (unpaired) electrons. The molecule has 0 saturated carbocycles. The Labute approximate surface area is 90.4 Å². The normalized spacial score (nSPS) is 34.9. The highest BCUT2D eigenvalue weighted by Crippen LogP contribution is 2.28. The molecule has 1 saturated heterocycles. The van der Waals surface area contributed by atoms with Crippen LogP contribution in [0.15, 0.2) is 12.2 Å². The molecule has 0 aromatic heterocycles. The summed E-state index contributed by atoms with van der Waals surface area (Å²) < 4.78 is 11.1. The largest absolute Gasteiger partial charge is 0.465 e. The molecule has 1 heterocycles. The van der Waals surface area contributed by atoms with Gasteiger partial charge in [-0.1, -0.05) is 26.0 Å². The standard InChI is InChI=1S/C12H18O3/c1-12(2)7-14-10-6-4-3-5-9(10)11(13)15-8-12/h4,6,9-10H,3,5,7-8H2,1-2H3/t9-,10+/m1/s1. The van der Waals surface area contributed by atoms with Gasteiger partial charge in [-0.15, -0.1) is 0 Å². The number of carbonyl (C=O) groups excluding carboxylic acids is 1. The summed E-state index contributed by atoms with van der Waals surface area (Å²) in [6, 6.07) is 0. The fraction of sp³-hybridized carbons (Fsp3) is 0.750. The number of allylic oxidation sites excluding steroid dienone is 1. The van der Waals surface area contributed by atoms with Crippen LogP contribution in [0.2, 0.25) is 0 Å². The molecule has 3 heteroatoms. The molecule has 15 heavy (non-hydrogen) atoms. The highest BCUT2D eigenvalue weighted by Gasteiger charge is 2.35. The molecular weight excluding hydrogens is 192 g/mol. The maximum absolute atomic E-state index is 11.8.